The van der Waals surface area contributed by atoms with Crippen LogP contribution < -0.4 is 20.2 Å². The third-order valence-electron chi connectivity index (χ3n) is 4.94. The topological polar surface area (TPSA) is 106 Å². The molecule has 10 heteroatoms. The molecule has 3 rings (SSSR count). The molecule has 0 atom stereocenters. The number of hydrogen-bond donors (Lipinski definition) is 2. The van der Waals surface area contributed by atoms with E-state index in [1.165, 1.54) is 18.3 Å². The molecule has 192 valence electrons. The predicted molar refractivity (Wildman–Crippen MR) is 143 cm³/mol. The van der Waals surface area contributed by atoms with Gasteiger partial charge in [0, 0.05) is 10.6 Å². The first-order chi connectivity index (χ1) is 17.9. The fourth-order valence-electron chi connectivity index (χ4n) is 2.96. The zero-order chi connectivity index (χ0) is 26.6. The summed E-state index contributed by atoms with van der Waals surface area (Å²) in [4.78, 5) is 36.5. The Labute approximate surface area is 224 Å². The summed E-state index contributed by atoms with van der Waals surface area (Å²) >= 11 is 11.9. The van der Waals surface area contributed by atoms with Crippen LogP contribution in [0.3, 0.4) is 0 Å². The summed E-state index contributed by atoms with van der Waals surface area (Å²) in [5.41, 5.74) is 3.60. The number of halogens is 2. The average molecular weight is 542 g/mol. The van der Waals surface area contributed by atoms with Crippen LogP contribution in [-0.2, 0) is 4.79 Å². The van der Waals surface area contributed by atoms with E-state index in [1.807, 2.05) is 0 Å². The molecule has 0 aliphatic heterocycles. The van der Waals surface area contributed by atoms with E-state index >= 15 is 0 Å². The van der Waals surface area contributed by atoms with Gasteiger partial charge in [0.05, 0.1) is 30.0 Å². The summed E-state index contributed by atoms with van der Waals surface area (Å²) in [6, 6.07) is 17.7. The lowest BCUT2D eigenvalue weighted by Gasteiger charge is -2.07. The standard InChI is InChI=1S/C27H25Cl2N3O5/c1-2-3-14-36-21-11-6-19(7-12-21)26(34)30-17-25(33)32-31-16-18-4-9-22(10-5-18)37-27(35)23-13-8-20(28)15-24(23)29/h4-13,15-16H,2-3,14,17H2,1H3,(H,30,34)(H,32,33)/b31-16+. The molecule has 0 radical (unpaired) electrons. The van der Waals surface area contributed by atoms with E-state index in [9.17, 15) is 14.4 Å². The Bertz CT molecular complexity index is 1260. The van der Waals surface area contributed by atoms with Crippen molar-refractivity contribution in [3.05, 3.63) is 93.5 Å². The molecule has 0 aliphatic carbocycles. The number of hydrazone groups is 1. The predicted octanol–water partition coefficient (Wildman–Crippen LogP) is 5.27. The molecule has 0 spiro atoms. The van der Waals surface area contributed by atoms with Gasteiger partial charge in [-0.2, -0.15) is 5.10 Å². The summed E-state index contributed by atoms with van der Waals surface area (Å²) in [6.07, 6.45) is 3.41. The van der Waals surface area contributed by atoms with E-state index in [-0.39, 0.29) is 23.0 Å². The average Bonchev–Trinajstić information content (AvgIpc) is 2.89. The van der Waals surface area contributed by atoms with Crippen molar-refractivity contribution in [1.29, 1.82) is 0 Å². The van der Waals surface area contributed by atoms with E-state index in [1.54, 1.807) is 54.6 Å². The number of carbonyl (C=O) groups excluding carboxylic acids is 3. The zero-order valence-electron chi connectivity index (χ0n) is 20.0. The summed E-state index contributed by atoms with van der Waals surface area (Å²) in [7, 11) is 0. The van der Waals surface area contributed by atoms with Crippen molar-refractivity contribution in [1.82, 2.24) is 10.7 Å². The minimum atomic E-state index is -0.617. The quantitative estimate of drug-likeness (QED) is 0.113. The maximum atomic E-state index is 12.3. The lowest BCUT2D eigenvalue weighted by molar-refractivity contribution is -0.120. The van der Waals surface area contributed by atoms with Crippen LogP contribution in [0.4, 0.5) is 0 Å². The Morgan fingerprint density at radius 1 is 0.946 bits per heavy atom. The Kier molecular flexibility index (Phi) is 10.5. The van der Waals surface area contributed by atoms with Gasteiger partial charge in [0.15, 0.2) is 0 Å². The van der Waals surface area contributed by atoms with Gasteiger partial charge in [-0.05, 0) is 78.7 Å². The zero-order valence-corrected chi connectivity index (χ0v) is 21.5. The van der Waals surface area contributed by atoms with Crippen molar-refractivity contribution in [2.75, 3.05) is 13.2 Å². The van der Waals surface area contributed by atoms with Crippen LogP contribution in [0.2, 0.25) is 10.0 Å². The first-order valence-corrected chi connectivity index (χ1v) is 12.2. The maximum absolute atomic E-state index is 12.3. The van der Waals surface area contributed by atoms with Gasteiger partial charge in [-0.3, -0.25) is 9.59 Å². The number of rotatable bonds is 11. The van der Waals surface area contributed by atoms with Crippen LogP contribution in [0, 0.1) is 0 Å². The number of nitrogens with one attached hydrogen (secondary N) is 2. The lowest BCUT2D eigenvalue weighted by Crippen LogP contribution is -2.34. The smallest absolute Gasteiger partial charge is 0.345 e. The van der Waals surface area contributed by atoms with Gasteiger partial charge in [-0.1, -0.05) is 36.5 Å². The lowest BCUT2D eigenvalue weighted by atomic mass is 10.2. The highest BCUT2D eigenvalue weighted by molar-refractivity contribution is 6.36. The summed E-state index contributed by atoms with van der Waals surface area (Å²) in [5, 5.41) is 7.01. The molecule has 0 saturated carbocycles. The molecular formula is C27H25Cl2N3O5. The number of benzene rings is 3. The number of esters is 1. The monoisotopic (exact) mass is 541 g/mol. The van der Waals surface area contributed by atoms with E-state index in [0.717, 1.165) is 12.8 Å². The third kappa shape index (κ3) is 8.93. The molecule has 3 aromatic carbocycles. The molecular weight excluding hydrogens is 517 g/mol. The van der Waals surface area contributed by atoms with Crippen LogP contribution in [-0.4, -0.2) is 37.1 Å². The Hall–Kier alpha value is -3.88. The molecule has 0 saturated heterocycles. The molecule has 0 bridgehead atoms. The molecule has 0 aliphatic rings. The third-order valence-corrected chi connectivity index (χ3v) is 5.48. The van der Waals surface area contributed by atoms with Gasteiger partial charge in [-0.15, -0.1) is 0 Å². The fraction of sp³-hybridized carbons (Fsp3) is 0.185. The van der Waals surface area contributed by atoms with Crippen LogP contribution in [0.15, 0.2) is 71.8 Å². The summed E-state index contributed by atoms with van der Waals surface area (Å²) in [6.45, 7) is 2.46. The van der Waals surface area contributed by atoms with Crippen LogP contribution >= 0.6 is 23.2 Å². The Balaban J connectivity index is 1.42. The molecule has 0 heterocycles. The number of ether oxygens (including phenoxy) is 2. The Morgan fingerprint density at radius 2 is 1.65 bits per heavy atom. The van der Waals surface area contributed by atoms with Crippen molar-refractivity contribution >= 4 is 47.2 Å². The molecule has 2 N–H and O–H groups in total. The van der Waals surface area contributed by atoms with Gasteiger partial charge in [0.1, 0.15) is 11.5 Å². The molecule has 0 unspecified atom stereocenters. The first-order valence-electron chi connectivity index (χ1n) is 11.5. The SMILES string of the molecule is CCCCOc1ccc(C(=O)NCC(=O)N/N=C/c2ccc(OC(=O)c3ccc(Cl)cc3Cl)cc2)cc1. The van der Waals surface area contributed by atoms with Gasteiger partial charge in [-0.25, -0.2) is 10.2 Å². The minimum absolute atomic E-state index is 0.193. The highest BCUT2D eigenvalue weighted by Gasteiger charge is 2.13. The van der Waals surface area contributed by atoms with E-state index in [0.29, 0.717) is 34.3 Å². The highest BCUT2D eigenvalue weighted by atomic mass is 35.5. The first kappa shape index (κ1) is 27.7. The molecule has 0 fully saturated rings. The van der Waals surface area contributed by atoms with Crippen molar-refractivity contribution in [3.8, 4) is 11.5 Å². The molecule has 3 aromatic rings. The highest BCUT2D eigenvalue weighted by Crippen LogP contribution is 2.23. The second kappa shape index (κ2) is 14.0. The molecule has 0 aromatic heterocycles. The molecule has 2 amide bonds. The fourth-order valence-corrected chi connectivity index (χ4v) is 3.44. The number of hydrogen-bond acceptors (Lipinski definition) is 6. The number of nitrogens with zero attached hydrogens (tertiary/aromatic N) is 1. The van der Waals surface area contributed by atoms with E-state index in [4.69, 9.17) is 32.7 Å². The number of unbranched alkanes of at least 4 members (excludes halogenated alkanes) is 1. The molecule has 37 heavy (non-hydrogen) atoms. The van der Waals surface area contributed by atoms with Crippen LogP contribution in [0.5, 0.6) is 11.5 Å². The maximum Gasteiger partial charge on any atom is 0.345 e. The molecule has 8 nitrogen and oxygen atoms in total. The van der Waals surface area contributed by atoms with Gasteiger partial charge in [0.2, 0.25) is 0 Å². The largest absolute Gasteiger partial charge is 0.494 e. The second-order valence-electron chi connectivity index (χ2n) is 7.78. The van der Waals surface area contributed by atoms with E-state index < -0.39 is 11.9 Å². The van der Waals surface area contributed by atoms with Crippen LogP contribution in [0.25, 0.3) is 0 Å². The van der Waals surface area contributed by atoms with Crippen molar-refractivity contribution in [2.24, 2.45) is 5.10 Å². The Morgan fingerprint density at radius 3 is 2.32 bits per heavy atom. The van der Waals surface area contributed by atoms with Gasteiger partial charge >= 0.3 is 5.97 Å². The van der Waals surface area contributed by atoms with Gasteiger partial charge in [0.25, 0.3) is 11.8 Å². The van der Waals surface area contributed by atoms with Crippen molar-refractivity contribution in [3.63, 3.8) is 0 Å². The number of amides is 2. The summed E-state index contributed by atoms with van der Waals surface area (Å²) < 4.78 is 10.9. The summed E-state index contributed by atoms with van der Waals surface area (Å²) in [5.74, 6) is -0.498. The van der Waals surface area contributed by atoms with Crippen LogP contribution in [0.1, 0.15) is 46.0 Å². The second-order valence-corrected chi connectivity index (χ2v) is 8.63. The van der Waals surface area contributed by atoms with Crippen molar-refractivity contribution in [2.45, 2.75) is 19.8 Å². The normalized spacial score (nSPS) is 10.7. The number of carbonyl (C=O) groups is 3. The van der Waals surface area contributed by atoms with E-state index in [2.05, 4.69) is 22.8 Å². The van der Waals surface area contributed by atoms with Gasteiger partial charge < -0.3 is 14.8 Å². The minimum Gasteiger partial charge on any atom is -0.494 e. The van der Waals surface area contributed by atoms with Crippen molar-refractivity contribution < 1.29 is 23.9 Å².